The third-order valence-corrected chi connectivity index (χ3v) is 17.4. The maximum atomic E-state index is 13.0. The molecule has 86 heavy (non-hydrogen) atoms. The van der Waals surface area contributed by atoms with Crippen LogP contribution in [0.3, 0.4) is 0 Å². The number of aliphatic hydroxyl groups excluding tert-OH is 1. The van der Waals surface area contributed by atoms with Crippen LogP contribution in [0.2, 0.25) is 0 Å². The van der Waals surface area contributed by atoms with Gasteiger partial charge in [-0.25, -0.2) is 9.13 Å². The van der Waals surface area contributed by atoms with E-state index in [-0.39, 0.29) is 25.7 Å². The summed E-state index contributed by atoms with van der Waals surface area (Å²) in [6, 6.07) is 0. The van der Waals surface area contributed by atoms with Gasteiger partial charge in [-0.05, 0) is 37.5 Å². The Morgan fingerprint density at radius 2 is 0.535 bits per heavy atom. The monoisotopic (exact) mass is 1270 g/mol. The Morgan fingerprint density at radius 1 is 0.314 bits per heavy atom. The van der Waals surface area contributed by atoms with Crippen LogP contribution in [-0.4, -0.2) is 96.7 Å². The largest absolute Gasteiger partial charge is 0.472 e. The van der Waals surface area contributed by atoms with Gasteiger partial charge in [0.2, 0.25) is 0 Å². The molecule has 0 aliphatic rings. The summed E-state index contributed by atoms with van der Waals surface area (Å²) in [5.74, 6) is -0.705. The highest BCUT2D eigenvalue weighted by Gasteiger charge is 2.30. The van der Waals surface area contributed by atoms with Crippen LogP contribution in [-0.2, 0) is 65.4 Å². The average molecular weight is 1270 g/mol. The fourth-order valence-corrected chi connectivity index (χ4v) is 11.6. The smallest absolute Gasteiger partial charge is 0.462 e. The summed E-state index contributed by atoms with van der Waals surface area (Å²) in [6.07, 6.45) is 43.1. The molecule has 510 valence electrons. The maximum absolute atomic E-state index is 13.0. The Labute approximate surface area is 524 Å². The summed E-state index contributed by atoms with van der Waals surface area (Å²) in [6.45, 7) is 9.43. The number of phosphoric acid groups is 2. The van der Waals surface area contributed by atoms with E-state index in [9.17, 15) is 43.2 Å². The maximum Gasteiger partial charge on any atom is 0.472 e. The average Bonchev–Trinajstić information content (AvgIpc) is 3.57. The van der Waals surface area contributed by atoms with E-state index in [2.05, 4.69) is 41.5 Å². The molecule has 0 spiro atoms. The summed E-state index contributed by atoms with van der Waals surface area (Å²) in [5.41, 5.74) is 0. The highest BCUT2D eigenvalue weighted by Crippen LogP contribution is 2.45. The van der Waals surface area contributed by atoms with Gasteiger partial charge in [-0.3, -0.25) is 37.3 Å². The highest BCUT2D eigenvalue weighted by atomic mass is 31.2. The third-order valence-electron chi connectivity index (χ3n) is 15.5. The number of carbonyl (C=O) groups is 4. The molecular formula is C67H130O17P2. The number of unbranched alkanes of at least 4 members (excludes halogenated alkanes) is 36. The van der Waals surface area contributed by atoms with Crippen LogP contribution in [0.1, 0.15) is 337 Å². The van der Waals surface area contributed by atoms with Crippen LogP contribution in [0.5, 0.6) is 0 Å². The number of hydrogen-bond donors (Lipinski definition) is 3. The van der Waals surface area contributed by atoms with Gasteiger partial charge in [-0.15, -0.1) is 0 Å². The molecule has 0 radical (unpaired) electrons. The SMILES string of the molecule is CCCCCCCCCCCCCCCC(=O)O[C@H](COC(=O)CCCCCCCCCCCC(C)C)COP(=O)(O)OC[C@@H](O)COP(=O)(O)OC[C@@H](COC(=O)CCCCCCCCC(C)C)OC(=O)CCCCCCCCCCCCCC. The summed E-state index contributed by atoms with van der Waals surface area (Å²) < 4.78 is 68.1. The summed E-state index contributed by atoms with van der Waals surface area (Å²) in [7, 11) is -9.89. The third kappa shape index (κ3) is 60.9. The minimum Gasteiger partial charge on any atom is -0.462 e. The molecule has 0 fully saturated rings. The van der Waals surface area contributed by atoms with Gasteiger partial charge in [0.05, 0.1) is 26.4 Å². The topological polar surface area (TPSA) is 237 Å². The molecule has 0 aromatic carbocycles. The van der Waals surface area contributed by atoms with Crippen molar-refractivity contribution < 1.29 is 80.2 Å². The van der Waals surface area contributed by atoms with Crippen molar-refractivity contribution in [2.75, 3.05) is 39.6 Å². The van der Waals surface area contributed by atoms with Crippen molar-refractivity contribution in [3.63, 3.8) is 0 Å². The second-order valence-electron chi connectivity index (χ2n) is 25.2. The molecule has 0 saturated heterocycles. The van der Waals surface area contributed by atoms with E-state index in [0.29, 0.717) is 31.6 Å². The van der Waals surface area contributed by atoms with E-state index >= 15 is 0 Å². The first kappa shape index (κ1) is 84.1. The van der Waals surface area contributed by atoms with Crippen molar-refractivity contribution in [1.82, 2.24) is 0 Å². The zero-order chi connectivity index (χ0) is 63.6. The van der Waals surface area contributed by atoms with Crippen molar-refractivity contribution in [1.29, 1.82) is 0 Å². The van der Waals surface area contributed by atoms with Crippen LogP contribution >= 0.6 is 15.6 Å². The summed E-state index contributed by atoms with van der Waals surface area (Å²) in [5, 5.41) is 10.6. The first-order chi connectivity index (χ1) is 41.4. The molecule has 2 unspecified atom stereocenters. The van der Waals surface area contributed by atoms with Crippen LogP contribution in [0.25, 0.3) is 0 Å². The molecule has 17 nitrogen and oxygen atoms in total. The summed E-state index contributed by atoms with van der Waals surface area (Å²) in [4.78, 5) is 72.4. The first-order valence-corrected chi connectivity index (χ1v) is 38.0. The van der Waals surface area contributed by atoms with Gasteiger partial charge in [-0.2, -0.15) is 0 Å². The van der Waals surface area contributed by atoms with Gasteiger partial charge >= 0.3 is 39.5 Å². The normalized spacial score (nSPS) is 14.2. The lowest BCUT2D eigenvalue weighted by Crippen LogP contribution is -2.30. The van der Waals surface area contributed by atoms with Crippen LogP contribution in [0.15, 0.2) is 0 Å². The van der Waals surface area contributed by atoms with Crippen molar-refractivity contribution in [3.05, 3.63) is 0 Å². The molecule has 0 aliphatic carbocycles. The number of carbonyl (C=O) groups excluding carboxylic acids is 4. The van der Waals surface area contributed by atoms with E-state index in [1.165, 1.54) is 148 Å². The van der Waals surface area contributed by atoms with Crippen LogP contribution < -0.4 is 0 Å². The highest BCUT2D eigenvalue weighted by molar-refractivity contribution is 7.47. The van der Waals surface area contributed by atoms with Gasteiger partial charge < -0.3 is 33.8 Å². The first-order valence-electron chi connectivity index (χ1n) is 35.0. The van der Waals surface area contributed by atoms with Gasteiger partial charge in [0.15, 0.2) is 12.2 Å². The second kappa shape index (κ2) is 59.4. The molecule has 0 aromatic rings. The van der Waals surface area contributed by atoms with Crippen molar-refractivity contribution in [3.8, 4) is 0 Å². The standard InChI is InChI=1S/C67H130O17P2/c1-7-9-11-13-15-17-19-21-23-27-32-40-46-52-67(72)83-62(55-77-64(69)49-43-37-30-28-24-25-29-35-41-47-59(3)4)57-81-85(73,74)79-53-61(68)54-80-86(75,76)82-58-63(56-78-65(70)50-44-38-34-33-36-42-48-60(5)6)84-66(71)51-45-39-31-26-22-20-18-16-14-12-10-8-2/h59-63,68H,7-58H2,1-6H3,(H,73,74)(H,75,76)/t61-,62-,63-/m1/s1. The van der Waals surface area contributed by atoms with Crippen LogP contribution in [0.4, 0.5) is 0 Å². The molecule has 0 rings (SSSR count). The number of rotatable bonds is 66. The predicted molar refractivity (Wildman–Crippen MR) is 345 cm³/mol. The van der Waals surface area contributed by atoms with Gasteiger partial charge in [0.25, 0.3) is 0 Å². The van der Waals surface area contributed by atoms with Crippen molar-refractivity contribution >= 4 is 39.5 Å². The quantitative estimate of drug-likeness (QED) is 0.0222. The Balaban J connectivity index is 5.25. The molecule has 0 saturated carbocycles. The lowest BCUT2D eigenvalue weighted by Gasteiger charge is -2.21. The Hall–Kier alpha value is -1.94. The Bertz CT molecular complexity index is 1680. The van der Waals surface area contributed by atoms with E-state index < -0.39 is 97.5 Å². The van der Waals surface area contributed by atoms with Crippen LogP contribution in [0, 0.1) is 11.8 Å². The second-order valence-corrected chi connectivity index (χ2v) is 28.1. The fraction of sp³-hybridized carbons (Fsp3) is 0.940. The number of aliphatic hydroxyl groups is 1. The lowest BCUT2D eigenvalue weighted by atomic mass is 10.0. The lowest BCUT2D eigenvalue weighted by molar-refractivity contribution is -0.161. The number of esters is 4. The Kier molecular flexibility index (Phi) is 58.0. The van der Waals surface area contributed by atoms with E-state index in [0.717, 1.165) is 102 Å². The zero-order valence-corrected chi connectivity index (χ0v) is 57.4. The van der Waals surface area contributed by atoms with Crippen molar-refractivity contribution in [2.45, 2.75) is 355 Å². The molecule has 0 amide bonds. The van der Waals surface area contributed by atoms with E-state index in [4.69, 9.17) is 37.0 Å². The molecule has 0 aliphatic heterocycles. The van der Waals surface area contributed by atoms with Crippen molar-refractivity contribution in [2.24, 2.45) is 11.8 Å². The molecule has 0 bridgehead atoms. The number of hydrogen-bond acceptors (Lipinski definition) is 15. The summed E-state index contributed by atoms with van der Waals surface area (Å²) >= 11 is 0. The molecule has 0 heterocycles. The van der Waals surface area contributed by atoms with Gasteiger partial charge in [0.1, 0.15) is 19.3 Å². The Morgan fingerprint density at radius 3 is 0.791 bits per heavy atom. The molecule has 19 heteroatoms. The molecule has 3 N–H and O–H groups in total. The molecule has 5 atom stereocenters. The minimum atomic E-state index is -4.95. The van der Waals surface area contributed by atoms with Gasteiger partial charge in [0, 0.05) is 25.7 Å². The fourth-order valence-electron chi connectivity index (χ4n) is 10.1. The van der Waals surface area contributed by atoms with E-state index in [1.54, 1.807) is 0 Å². The number of ether oxygens (including phenoxy) is 4. The van der Waals surface area contributed by atoms with E-state index in [1.807, 2.05) is 0 Å². The predicted octanol–water partition coefficient (Wildman–Crippen LogP) is 18.8. The minimum absolute atomic E-state index is 0.106. The van der Waals surface area contributed by atoms with Gasteiger partial charge in [-0.1, -0.05) is 286 Å². The molecule has 0 aromatic heterocycles. The zero-order valence-electron chi connectivity index (χ0n) is 55.6. The molecular weight excluding hydrogens is 1140 g/mol. The number of phosphoric ester groups is 2.